The predicted molar refractivity (Wildman–Crippen MR) is 166 cm³/mol. The van der Waals surface area contributed by atoms with Crippen LogP contribution in [-0.4, -0.2) is 85.4 Å². The Hall–Kier alpha value is -4.19. The van der Waals surface area contributed by atoms with Gasteiger partial charge in [-0.15, -0.1) is 0 Å². The molecule has 0 atom stereocenters. The van der Waals surface area contributed by atoms with Crippen LogP contribution in [0.15, 0.2) is 42.6 Å². The van der Waals surface area contributed by atoms with Crippen LogP contribution >= 0.6 is 0 Å². The van der Waals surface area contributed by atoms with Gasteiger partial charge in [0.25, 0.3) is 0 Å². The molecular formula is C33H39F3N6O3. The number of aryl methyl sites for hydroxylation is 2. The van der Waals surface area contributed by atoms with Crippen molar-refractivity contribution in [2.24, 2.45) is 0 Å². The topological polar surface area (TPSA) is 90.9 Å². The minimum Gasteiger partial charge on any atom is -0.494 e. The second-order valence-electron chi connectivity index (χ2n) is 12.3. The highest BCUT2D eigenvalue weighted by Crippen LogP contribution is 2.39. The first-order valence-electron chi connectivity index (χ1n) is 15.0. The van der Waals surface area contributed by atoms with Crippen molar-refractivity contribution < 1.29 is 27.5 Å². The number of hydrogen-bond donors (Lipinski definition) is 1. The van der Waals surface area contributed by atoms with Gasteiger partial charge in [-0.25, -0.2) is 9.97 Å². The highest BCUT2D eigenvalue weighted by molar-refractivity contribution is 5.96. The van der Waals surface area contributed by atoms with E-state index in [2.05, 4.69) is 20.2 Å². The molecule has 2 heterocycles. The summed E-state index contributed by atoms with van der Waals surface area (Å²) >= 11 is 0. The van der Waals surface area contributed by atoms with E-state index in [4.69, 9.17) is 4.74 Å². The summed E-state index contributed by atoms with van der Waals surface area (Å²) in [5.41, 5.74) is 2.40. The van der Waals surface area contributed by atoms with Crippen LogP contribution in [0.3, 0.4) is 0 Å². The number of anilines is 3. The number of ketones is 1. The Kier molecular flexibility index (Phi) is 9.06. The van der Waals surface area contributed by atoms with E-state index in [1.165, 1.54) is 7.11 Å². The van der Waals surface area contributed by atoms with E-state index in [1.807, 2.05) is 68.1 Å². The van der Waals surface area contributed by atoms with E-state index in [-0.39, 0.29) is 29.8 Å². The van der Waals surface area contributed by atoms with Gasteiger partial charge in [0.05, 0.1) is 30.6 Å². The van der Waals surface area contributed by atoms with Crippen molar-refractivity contribution in [3.05, 3.63) is 70.5 Å². The fourth-order valence-corrected chi connectivity index (χ4v) is 6.19. The van der Waals surface area contributed by atoms with Crippen LogP contribution in [0.5, 0.6) is 5.75 Å². The summed E-state index contributed by atoms with van der Waals surface area (Å²) < 4.78 is 47.6. The number of amides is 1. The summed E-state index contributed by atoms with van der Waals surface area (Å²) in [5, 5.41) is 3.04. The molecule has 1 saturated heterocycles. The van der Waals surface area contributed by atoms with Crippen LogP contribution in [-0.2, 0) is 40.4 Å². The van der Waals surface area contributed by atoms with Gasteiger partial charge in [-0.05, 0) is 69.6 Å². The predicted octanol–water partition coefficient (Wildman–Crippen LogP) is 4.65. The summed E-state index contributed by atoms with van der Waals surface area (Å²) in [7, 11) is 5.26. The summed E-state index contributed by atoms with van der Waals surface area (Å²) in [6.07, 6.45) is -3.16. The average Bonchev–Trinajstić information content (AvgIpc) is 3.23. The van der Waals surface area contributed by atoms with E-state index >= 15 is 0 Å². The van der Waals surface area contributed by atoms with Crippen LogP contribution in [0.25, 0.3) is 0 Å². The van der Waals surface area contributed by atoms with E-state index in [0.717, 1.165) is 28.6 Å². The lowest BCUT2D eigenvalue weighted by Gasteiger charge is -2.36. The maximum atomic E-state index is 14.0. The maximum Gasteiger partial charge on any atom is 0.419 e. The minimum absolute atomic E-state index is 0.0193. The van der Waals surface area contributed by atoms with Gasteiger partial charge in [-0.3, -0.25) is 9.59 Å². The summed E-state index contributed by atoms with van der Waals surface area (Å²) in [6, 6.07) is 11.2. The number of rotatable bonds is 9. The number of benzene rings is 2. The molecule has 1 aliphatic heterocycles. The maximum absolute atomic E-state index is 14.0. The van der Waals surface area contributed by atoms with Crippen LogP contribution in [0.1, 0.15) is 41.8 Å². The molecule has 0 bridgehead atoms. The number of aromatic nitrogens is 2. The number of piperazine rings is 1. The first-order chi connectivity index (χ1) is 21.3. The zero-order valence-electron chi connectivity index (χ0n) is 26.3. The zero-order chi connectivity index (χ0) is 32.5. The van der Waals surface area contributed by atoms with Crippen LogP contribution in [0.4, 0.5) is 30.5 Å². The van der Waals surface area contributed by atoms with Crippen molar-refractivity contribution in [2.75, 3.05) is 64.1 Å². The number of nitrogens with one attached hydrogen (secondary N) is 1. The smallest absolute Gasteiger partial charge is 0.419 e. The molecule has 12 heteroatoms. The van der Waals surface area contributed by atoms with Crippen molar-refractivity contribution in [1.29, 1.82) is 0 Å². The van der Waals surface area contributed by atoms with Crippen molar-refractivity contribution in [1.82, 2.24) is 19.8 Å². The number of fused-ring (bicyclic) bond motifs is 1. The highest BCUT2D eigenvalue weighted by Gasteiger charge is 2.40. The molecule has 1 amide bonds. The number of carbonyl (C=O) groups excluding carboxylic acids is 2. The van der Waals surface area contributed by atoms with E-state index in [9.17, 15) is 22.8 Å². The first kappa shape index (κ1) is 32.2. The second kappa shape index (κ2) is 12.7. The van der Waals surface area contributed by atoms with Gasteiger partial charge < -0.3 is 24.8 Å². The second-order valence-corrected chi connectivity index (χ2v) is 12.3. The molecule has 5 rings (SSSR count). The molecule has 0 unspecified atom stereocenters. The molecule has 1 N–H and O–H groups in total. The van der Waals surface area contributed by atoms with Crippen LogP contribution in [0, 0.1) is 0 Å². The fourth-order valence-electron chi connectivity index (χ4n) is 6.19. The van der Waals surface area contributed by atoms with Gasteiger partial charge in [0.1, 0.15) is 11.5 Å². The van der Waals surface area contributed by atoms with Crippen LogP contribution in [0.2, 0.25) is 0 Å². The average molecular weight is 625 g/mol. The molecule has 0 saturated carbocycles. The van der Waals surface area contributed by atoms with E-state index in [1.54, 1.807) is 6.07 Å². The van der Waals surface area contributed by atoms with Crippen molar-refractivity contribution in [2.45, 2.75) is 44.7 Å². The molecule has 240 valence electrons. The third-order valence-corrected chi connectivity index (χ3v) is 8.59. The van der Waals surface area contributed by atoms with Gasteiger partial charge in [0.15, 0.2) is 0 Å². The Morgan fingerprint density at radius 2 is 1.82 bits per heavy atom. The number of methoxy groups -OCH3 is 1. The zero-order valence-corrected chi connectivity index (χ0v) is 26.3. The van der Waals surface area contributed by atoms with E-state index < -0.39 is 17.2 Å². The Labute approximate surface area is 261 Å². The highest BCUT2D eigenvalue weighted by atomic mass is 19.4. The Balaban J connectivity index is 1.33. The summed E-state index contributed by atoms with van der Waals surface area (Å²) in [5.74, 6) is 0.701. The van der Waals surface area contributed by atoms with Gasteiger partial charge in [-0.2, -0.15) is 13.2 Å². The first-order valence-corrected chi connectivity index (χ1v) is 15.0. The number of hydrogen-bond acceptors (Lipinski definition) is 8. The number of nitrogens with zero attached hydrogens (tertiary/aromatic N) is 5. The molecule has 0 spiro atoms. The number of halogens is 3. The number of carbonyl (C=O) groups is 2. The van der Waals surface area contributed by atoms with Crippen molar-refractivity contribution in [3.63, 3.8) is 0 Å². The number of Topliss-reactive ketones (excluding diaryl/α,β-unsaturated/α-hetero) is 1. The lowest BCUT2D eigenvalue weighted by molar-refractivity contribution is -0.138. The van der Waals surface area contributed by atoms with Crippen molar-refractivity contribution in [3.8, 4) is 5.75 Å². The number of likely N-dealkylation sites (N-methyl/N-ethyl adjacent to an activating group) is 1. The number of alkyl halides is 3. The molecule has 2 aliphatic rings. The largest absolute Gasteiger partial charge is 0.494 e. The van der Waals surface area contributed by atoms with Crippen LogP contribution < -0.4 is 15.0 Å². The Morgan fingerprint density at radius 1 is 1.09 bits per heavy atom. The third kappa shape index (κ3) is 6.90. The number of ether oxygens (including phenoxy) is 1. The van der Waals surface area contributed by atoms with Gasteiger partial charge >= 0.3 is 6.18 Å². The molecule has 1 aliphatic carbocycles. The standard InChI is InChI=1S/C33H39F3N6O3/c1-32(2)28(43)17-22-8-6-7-21(30(22)32)9-11-25-24(33(34,35)36)19-37-31(38-25)39-26-12-10-23(18-27(26)45-5)41-13-15-42(16-14-41)29(44)20-40(3)4/h6-8,10,12,18-19H,9,11,13-17,20H2,1-5H3,(H,37,38,39). The lowest BCUT2D eigenvalue weighted by Crippen LogP contribution is -2.50. The fraction of sp³-hybridized carbons (Fsp3) is 0.455. The molecule has 1 aromatic heterocycles. The molecule has 2 aromatic carbocycles. The van der Waals surface area contributed by atoms with Crippen molar-refractivity contribution >= 4 is 29.0 Å². The molecule has 9 nitrogen and oxygen atoms in total. The molecule has 1 fully saturated rings. The quantitative estimate of drug-likeness (QED) is 0.368. The monoisotopic (exact) mass is 624 g/mol. The summed E-state index contributed by atoms with van der Waals surface area (Å²) in [4.78, 5) is 39.2. The molecule has 3 aromatic rings. The summed E-state index contributed by atoms with van der Waals surface area (Å²) in [6.45, 7) is 6.64. The van der Waals surface area contributed by atoms with Gasteiger partial charge in [0, 0.05) is 56.0 Å². The third-order valence-electron chi connectivity index (χ3n) is 8.59. The normalized spacial score (nSPS) is 16.2. The Bertz CT molecular complexity index is 1580. The van der Waals surface area contributed by atoms with Gasteiger partial charge in [-0.1, -0.05) is 18.2 Å². The lowest BCUT2D eigenvalue weighted by atomic mass is 9.81. The molecular weight excluding hydrogens is 585 g/mol. The Morgan fingerprint density at radius 3 is 2.49 bits per heavy atom. The molecule has 0 radical (unpaired) electrons. The SMILES string of the molecule is COc1cc(N2CCN(C(=O)CN(C)C)CC2)ccc1Nc1ncc(C(F)(F)F)c(CCc2cccc3c2C(C)(C)C(=O)C3)n1. The van der Waals surface area contributed by atoms with E-state index in [0.29, 0.717) is 57.0 Å². The minimum atomic E-state index is -4.62. The van der Waals surface area contributed by atoms with Gasteiger partial charge in [0.2, 0.25) is 11.9 Å². The molecule has 45 heavy (non-hydrogen) atoms.